The molecule has 29 heavy (non-hydrogen) atoms. The van der Waals surface area contributed by atoms with Crippen molar-refractivity contribution >= 4 is 21.6 Å². The Kier molecular flexibility index (Phi) is 5.87. The maximum atomic E-state index is 13.1. The summed E-state index contributed by atoms with van der Waals surface area (Å²) in [6, 6.07) is 18.7. The second kappa shape index (κ2) is 8.55. The van der Waals surface area contributed by atoms with Crippen molar-refractivity contribution in [2.75, 3.05) is 44.2 Å². The van der Waals surface area contributed by atoms with Gasteiger partial charge >= 0.3 is 0 Å². The number of nitrogens with zero attached hydrogens (tertiary/aromatic N) is 3. The zero-order chi connectivity index (χ0) is 20.3. The highest BCUT2D eigenvalue weighted by Crippen LogP contribution is 2.26. The lowest BCUT2D eigenvalue weighted by molar-refractivity contribution is -0.137. The molecule has 0 spiro atoms. The number of piperidine rings is 1. The van der Waals surface area contributed by atoms with Gasteiger partial charge in [0.2, 0.25) is 15.9 Å². The summed E-state index contributed by atoms with van der Waals surface area (Å²) in [7, 11) is -3.55. The van der Waals surface area contributed by atoms with E-state index in [0.717, 1.165) is 19.5 Å². The van der Waals surface area contributed by atoms with E-state index in [4.69, 9.17) is 0 Å². The molecular weight excluding hydrogens is 386 g/mol. The zero-order valence-corrected chi connectivity index (χ0v) is 17.3. The normalized spacial score (nSPS) is 21.2. The van der Waals surface area contributed by atoms with Crippen molar-refractivity contribution < 1.29 is 13.2 Å². The molecule has 0 saturated carbocycles. The van der Waals surface area contributed by atoms with Gasteiger partial charge in [0.25, 0.3) is 0 Å². The molecule has 2 aromatic rings. The lowest BCUT2D eigenvalue weighted by Gasteiger charge is -2.39. The number of anilines is 1. The number of piperazine rings is 1. The zero-order valence-electron chi connectivity index (χ0n) is 16.5. The summed E-state index contributed by atoms with van der Waals surface area (Å²) in [5, 5.41) is 0. The Labute approximate surface area is 172 Å². The fourth-order valence-electron chi connectivity index (χ4n) is 4.19. The van der Waals surface area contributed by atoms with Crippen LogP contribution in [0.1, 0.15) is 12.8 Å². The first-order valence-corrected chi connectivity index (χ1v) is 11.6. The standard InChI is InChI=1S/C22H27N3O3S/c26-22(24-16-14-23(15-17-24)20-9-3-1-4-10-20)19-8-7-13-25(18-19)29(27,28)21-11-5-2-6-12-21/h1-6,9-12,19H,7-8,13-18H2/t19-/m0/s1. The van der Waals surface area contributed by atoms with Crippen LogP contribution in [-0.4, -0.2) is 62.8 Å². The van der Waals surface area contributed by atoms with Crippen molar-refractivity contribution in [1.29, 1.82) is 0 Å². The Morgan fingerprint density at radius 2 is 1.45 bits per heavy atom. The summed E-state index contributed by atoms with van der Waals surface area (Å²) in [4.78, 5) is 17.6. The van der Waals surface area contributed by atoms with E-state index in [1.54, 1.807) is 30.3 Å². The predicted molar refractivity (Wildman–Crippen MR) is 113 cm³/mol. The van der Waals surface area contributed by atoms with Crippen LogP contribution in [0.25, 0.3) is 0 Å². The average molecular weight is 414 g/mol. The Balaban J connectivity index is 1.38. The van der Waals surface area contributed by atoms with Crippen LogP contribution in [0.3, 0.4) is 0 Å². The van der Waals surface area contributed by atoms with E-state index >= 15 is 0 Å². The summed E-state index contributed by atoms with van der Waals surface area (Å²) >= 11 is 0. The van der Waals surface area contributed by atoms with Crippen molar-refractivity contribution in [3.8, 4) is 0 Å². The maximum Gasteiger partial charge on any atom is 0.243 e. The smallest absolute Gasteiger partial charge is 0.243 e. The van der Waals surface area contributed by atoms with E-state index in [0.29, 0.717) is 31.0 Å². The topological polar surface area (TPSA) is 60.9 Å². The van der Waals surface area contributed by atoms with Gasteiger partial charge in [-0.3, -0.25) is 4.79 Å². The van der Waals surface area contributed by atoms with E-state index in [-0.39, 0.29) is 18.4 Å². The molecule has 0 radical (unpaired) electrons. The van der Waals surface area contributed by atoms with Crippen molar-refractivity contribution in [3.05, 3.63) is 60.7 Å². The first kappa shape index (κ1) is 19.9. The molecule has 2 aliphatic heterocycles. The lowest BCUT2D eigenvalue weighted by atomic mass is 9.97. The quantitative estimate of drug-likeness (QED) is 0.773. The van der Waals surface area contributed by atoms with E-state index in [9.17, 15) is 13.2 Å². The number of carbonyl (C=O) groups is 1. The molecule has 1 atom stereocenters. The number of hydrogen-bond acceptors (Lipinski definition) is 4. The summed E-state index contributed by atoms with van der Waals surface area (Å²) in [5.41, 5.74) is 1.18. The van der Waals surface area contributed by atoms with Gasteiger partial charge in [-0.1, -0.05) is 36.4 Å². The number of amides is 1. The van der Waals surface area contributed by atoms with Crippen LogP contribution >= 0.6 is 0 Å². The molecule has 0 unspecified atom stereocenters. The van der Waals surface area contributed by atoms with Gasteiger partial charge in [-0.2, -0.15) is 4.31 Å². The molecule has 6 nitrogen and oxygen atoms in total. The summed E-state index contributed by atoms with van der Waals surface area (Å²) < 4.78 is 27.3. The maximum absolute atomic E-state index is 13.1. The van der Waals surface area contributed by atoms with Crippen LogP contribution < -0.4 is 4.90 Å². The Morgan fingerprint density at radius 3 is 2.10 bits per heavy atom. The van der Waals surface area contributed by atoms with Crippen molar-refractivity contribution in [1.82, 2.24) is 9.21 Å². The number of hydrogen-bond donors (Lipinski definition) is 0. The second-order valence-electron chi connectivity index (χ2n) is 7.66. The molecular formula is C22H27N3O3S. The number of sulfonamides is 1. The fourth-order valence-corrected chi connectivity index (χ4v) is 5.73. The fraction of sp³-hybridized carbons (Fsp3) is 0.409. The van der Waals surface area contributed by atoms with Gasteiger partial charge in [0.15, 0.2) is 0 Å². The Morgan fingerprint density at radius 1 is 0.828 bits per heavy atom. The van der Waals surface area contributed by atoms with E-state index in [1.165, 1.54) is 9.99 Å². The summed E-state index contributed by atoms with van der Waals surface area (Å²) in [5.74, 6) is -0.170. The highest BCUT2D eigenvalue weighted by Gasteiger charge is 2.35. The lowest BCUT2D eigenvalue weighted by Crippen LogP contribution is -2.53. The number of rotatable bonds is 4. The first-order valence-electron chi connectivity index (χ1n) is 10.2. The summed E-state index contributed by atoms with van der Waals surface area (Å²) in [6.45, 7) is 3.70. The molecule has 0 aromatic heterocycles. The molecule has 1 amide bonds. The third-order valence-electron chi connectivity index (χ3n) is 5.83. The molecule has 0 N–H and O–H groups in total. The largest absolute Gasteiger partial charge is 0.368 e. The molecule has 2 saturated heterocycles. The number of benzene rings is 2. The molecule has 0 bridgehead atoms. The van der Waals surface area contributed by atoms with Crippen LogP contribution in [-0.2, 0) is 14.8 Å². The van der Waals surface area contributed by atoms with E-state index in [2.05, 4.69) is 17.0 Å². The van der Waals surface area contributed by atoms with Gasteiger partial charge in [-0.15, -0.1) is 0 Å². The van der Waals surface area contributed by atoms with Crippen LogP contribution in [0.4, 0.5) is 5.69 Å². The van der Waals surface area contributed by atoms with Crippen LogP contribution in [0.15, 0.2) is 65.6 Å². The van der Waals surface area contributed by atoms with Gasteiger partial charge in [0.1, 0.15) is 0 Å². The minimum atomic E-state index is -3.55. The highest BCUT2D eigenvalue weighted by atomic mass is 32.2. The molecule has 2 fully saturated rings. The van der Waals surface area contributed by atoms with Gasteiger partial charge in [-0.25, -0.2) is 8.42 Å². The molecule has 2 heterocycles. The highest BCUT2D eigenvalue weighted by molar-refractivity contribution is 7.89. The van der Waals surface area contributed by atoms with Crippen LogP contribution in [0.2, 0.25) is 0 Å². The molecule has 2 aromatic carbocycles. The second-order valence-corrected chi connectivity index (χ2v) is 9.60. The van der Waals surface area contributed by atoms with Gasteiger partial charge in [0.05, 0.1) is 10.8 Å². The molecule has 7 heteroatoms. The molecule has 0 aliphatic carbocycles. The number of para-hydroxylation sites is 1. The third kappa shape index (κ3) is 4.31. The molecule has 4 rings (SSSR count). The number of carbonyl (C=O) groups excluding carboxylic acids is 1. The van der Waals surface area contributed by atoms with E-state index in [1.807, 2.05) is 23.1 Å². The Bertz CT molecular complexity index is 926. The molecule has 2 aliphatic rings. The van der Waals surface area contributed by atoms with Crippen molar-refractivity contribution in [2.24, 2.45) is 5.92 Å². The van der Waals surface area contributed by atoms with Crippen molar-refractivity contribution in [3.63, 3.8) is 0 Å². The third-order valence-corrected chi connectivity index (χ3v) is 7.71. The summed E-state index contributed by atoms with van der Waals surface area (Å²) in [6.07, 6.45) is 1.46. The SMILES string of the molecule is O=C([C@H]1CCCN(S(=O)(=O)c2ccccc2)C1)N1CCN(c2ccccc2)CC1. The van der Waals surface area contributed by atoms with Crippen LogP contribution in [0, 0.1) is 5.92 Å². The minimum Gasteiger partial charge on any atom is -0.368 e. The van der Waals surface area contributed by atoms with Crippen molar-refractivity contribution in [2.45, 2.75) is 17.7 Å². The van der Waals surface area contributed by atoms with Gasteiger partial charge in [0, 0.05) is 45.0 Å². The predicted octanol–water partition coefficient (Wildman–Crippen LogP) is 2.44. The minimum absolute atomic E-state index is 0.0886. The van der Waals surface area contributed by atoms with Gasteiger partial charge < -0.3 is 9.80 Å². The van der Waals surface area contributed by atoms with E-state index < -0.39 is 10.0 Å². The Hall–Kier alpha value is -2.38. The van der Waals surface area contributed by atoms with Gasteiger partial charge in [-0.05, 0) is 37.1 Å². The molecule has 154 valence electrons. The monoisotopic (exact) mass is 413 g/mol. The first-order chi connectivity index (χ1) is 14.1. The average Bonchev–Trinajstić information content (AvgIpc) is 2.80. The van der Waals surface area contributed by atoms with Crippen LogP contribution in [0.5, 0.6) is 0 Å².